The van der Waals surface area contributed by atoms with Crippen molar-refractivity contribution >= 4 is 10.0 Å². The van der Waals surface area contributed by atoms with Gasteiger partial charge in [0.2, 0.25) is 10.0 Å². The van der Waals surface area contributed by atoms with Crippen molar-refractivity contribution in [3.8, 4) is 0 Å². The Kier molecular flexibility index (Phi) is 5.17. The van der Waals surface area contributed by atoms with E-state index in [-0.39, 0.29) is 11.4 Å². The highest BCUT2D eigenvalue weighted by Crippen LogP contribution is 2.12. The number of sulfonamides is 1. The van der Waals surface area contributed by atoms with Gasteiger partial charge in [-0.25, -0.2) is 13.1 Å². The zero-order valence-electron chi connectivity index (χ0n) is 12.2. The van der Waals surface area contributed by atoms with Crippen molar-refractivity contribution in [2.24, 2.45) is 0 Å². The van der Waals surface area contributed by atoms with E-state index in [1.165, 1.54) is 12.5 Å². The van der Waals surface area contributed by atoms with E-state index < -0.39 is 10.0 Å². The third-order valence-electron chi connectivity index (χ3n) is 2.97. The van der Waals surface area contributed by atoms with Crippen molar-refractivity contribution in [2.75, 3.05) is 0 Å². The molecule has 0 unspecified atom stereocenters. The second-order valence-electron chi connectivity index (χ2n) is 5.14. The number of hydrogen-bond acceptors (Lipinski definition) is 4. The summed E-state index contributed by atoms with van der Waals surface area (Å²) in [4.78, 5) is 0.272. The molecule has 0 bridgehead atoms. The van der Waals surface area contributed by atoms with Crippen LogP contribution in [0.1, 0.15) is 25.0 Å². The molecule has 0 fully saturated rings. The Bertz CT molecular complexity index is 664. The van der Waals surface area contributed by atoms with Crippen molar-refractivity contribution in [1.82, 2.24) is 10.0 Å². The number of furan rings is 1. The van der Waals surface area contributed by atoms with Crippen molar-refractivity contribution in [2.45, 2.75) is 37.9 Å². The van der Waals surface area contributed by atoms with E-state index in [9.17, 15) is 8.42 Å². The van der Waals surface area contributed by atoms with Crippen LogP contribution in [-0.2, 0) is 23.1 Å². The number of nitrogens with one attached hydrogen (secondary N) is 2. The topological polar surface area (TPSA) is 71.3 Å². The largest absolute Gasteiger partial charge is 0.472 e. The van der Waals surface area contributed by atoms with Crippen LogP contribution in [0.4, 0.5) is 0 Å². The zero-order valence-corrected chi connectivity index (χ0v) is 13.0. The zero-order chi connectivity index (χ0) is 15.3. The smallest absolute Gasteiger partial charge is 0.240 e. The van der Waals surface area contributed by atoms with E-state index in [0.717, 1.165) is 11.1 Å². The van der Waals surface area contributed by atoms with Crippen molar-refractivity contribution < 1.29 is 12.8 Å². The van der Waals surface area contributed by atoms with Crippen LogP contribution in [0.5, 0.6) is 0 Å². The number of benzene rings is 1. The molecule has 6 heteroatoms. The van der Waals surface area contributed by atoms with Crippen LogP contribution in [-0.4, -0.2) is 14.5 Å². The highest BCUT2D eigenvalue weighted by Gasteiger charge is 2.14. The van der Waals surface area contributed by atoms with Gasteiger partial charge < -0.3 is 9.73 Å². The average Bonchev–Trinajstić information content (AvgIpc) is 2.97. The minimum absolute atomic E-state index is 0.216. The Hall–Kier alpha value is -1.63. The first-order chi connectivity index (χ1) is 9.97. The molecule has 0 saturated heterocycles. The fraction of sp³-hybridized carbons (Fsp3) is 0.333. The number of rotatable bonds is 7. The molecule has 5 nitrogen and oxygen atoms in total. The van der Waals surface area contributed by atoms with Crippen molar-refractivity contribution in [3.05, 3.63) is 54.0 Å². The van der Waals surface area contributed by atoms with Crippen LogP contribution >= 0.6 is 0 Å². The highest BCUT2D eigenvalue weighted by molar-refractivity contribution is 7.89. The molecule has 0 aliphatic heterocycles. The molecule has 0 amide bonds. The molecular formula is C15H20N2O3S. The summed E-state index contributed by atoms with van der Waals surface area (Å²) >= 11 is 0. The molecule has 2 aromatic rings. The monoisotopic (exact) mass is 308 g/mol. The molecule has 0 saturated carbocycles. The summed E-state index contributed by atoms with van der Waals surface area (Å²) in [5.41, 5.74) is 1.73. The predicted molar refractivity (Wildman–Crippen MR) is 81.2 cm³/mol. The Morgan fingerprint density at radius 2 is 1.95 bits per heavy atom. The summed E-state index contributed by atoms with van der Waals surface area (Å²) in [6, 6.07) is 9.02. The molecule has 2 rings (SSSR count). The molecule has 0 radical (unpaired) electrons. The van der Waals surface area contributed by atoms with E-state index in [0.29, 0.717) is 12.6 Å². The van der Waals surface area contributed by atoms with Crippen LogP contribution in [0.2, 0.25) is 0 Å². The fourth-order valence-corrected chi connectivity index (χ4v) is 2.89. The third-order valence-corrected chi connectivity index (χ3v) is 4.37. The van der Waals surface area contributed by atoms with E-state index >= 15 is 0 Å². The first kappa shape index (κ1) is 15.8. The summed E-state index contributed by atoms with van der Waals surface area (Å²) < 4.78 is 32.0. The predicted octanol–water partition coefficient (Wildman–Crippen LogP) is 2.26. The Morgan fingerprint density at radius 1 is 1.14 bits per heavy atom. The molecule has 2 N–H and O–H groups in total. The summed E-state index contributed by atoms with van der Waals surface area (Å²) in [5, 5.41) is 3.27. The average molecular weight is 308 g/mol. The van der Waals surface area contributed by atoms with E-state index in [1.54, 1.807) is 24.3 Å². The van der Waals surface area contributed by atoms with Gasteiger partial charge in [-0.2, -0.15) is 0 Å². The standard InChI is InChI=1S/C15H20N2O3S/c1-12(2)16-9-13-4-3-5-15(8-13)21(18,19)17-10-14-6-7-20-11-14/h3-8,11-12,16-17H,9-10H2,1-2H3. The van der Waals surface area contributed by atoms with Gasteiger partial charge in [0, 0.05) is 24.7 Å². The summed E-state index contributed by atoms with van der Waals surface area (Å²) in [6.45, 7) is 4.95. The number of hydrogen-bond donors (Lipinski definition) is 2. The summed E-state index contributed by atoms with van der Waals surface area (Å²) in [6.07, 6.45) is 3.04. The maximum atomic E-state index is 12.3. The molecule has 1 heterocycles. The molecule has 21 heavy (non-hydrogen) atoms. The van der Waals surface area contributed by atoms with Gasteiger partial charge in [0.25, 0.3) is 0 Å². The molecule has 0 atom stereocenters. The van der Waals surface area contributed by atoms with Gasteiger partial charge in [0.1, 0.15) is 0 Å². The SMILES string of the molecule is CC(C)NCc1cccc(S(=O)(=O)NCc2ccoc2)c1. The second kappa shape index (κ2) is 6.89. The summed E-state index contributed by atoms with van der Waals surface area (Å²) in [7, 11) is -3.52. The maximum absolute atomic E-state index is 12.3. The lowest BCUT2D eigenvalue weighted by Crippen LogP contribution is -2.24. The van der Waals surface area contributed by atoms with Gasteiger partial charge in [-0.15, -0.1) is 0 Å². The van der Waals surface area contributed by atoms with Crippen LogP contribution in [0.3, 0.4) is 0 Å². The Labute approximate surface area is 125 Å². The van der Waals surface area contributed by atoms with Gasteiger partial charge >= 0.3 is 0 Å². The molecule has 1 aromatic heterocycles. The maximum Gasteiger partial charge on any atom is 0.240 e. The molecule has 114 valence electrons. The Morgan fingerprint density at radius 3 is 2.62 bits per heavy atom. The van der Waals surface area contributed by atoms with Gasteiger partial charge in [-0.05, 0) is 23.8 Å². The first-order valence-electron chi connectivity index (χ1n) is 6.80. The van der Waals surface area contributed by atoms with Crippen molar-refractivity contribution in [3.63, 3.8) is 0 Å². The molecule has 1 aromatic carbocycles. The van der Waals surface area contributed by atoms with Crippen molar-refractivity contribution in [1.29, 1.82) is 0 Å². The van der Waals surface area contributed by atoms with Gasteiger partial charge in [0.15, 0.2) is 0 Å². The fourth-order valence-electron chi connectivity index (χ4n) is 1.80. The molecule has 0 aliphatic carbocycles. The van der Waals surface area contributed by atoms with Gasteiger partial charge in [0.05, 0.1) is 17.4 Å². The minimum atomic E-state index is -3.52. The molecule has 0 aliphatic rings. The van der Waals surface area contributed by atoms with Gasteiger partial charge in [-0.1, -0.05) is 26.0 Å². The van der Waals surface area contributed by atoms with Crippen LogP contribution in [0.15, 0.2) is 52.2 Å². The minimum Gasteiger partial charge on any atom is -0.472 e. The first-order valence-corrected chi connectivity index (χ1v) is 8.29. The lowest BCUT2D eigenvalue weighted by molar-refractivity contribution is 0.561. The van der Waals surface area contributed by atoms with Crippen LogP contribution < -0.4 is 10.0 Å². The normalized spacial score (nSPS) is 12.0. The van der Waals surface area contributed by atoms with Gasteiger partial charge in [-0.3, -0.25) is 0 Å². The lowest BCUT2D eigenvalue weighted by Gasteiger charge is -2.10. The summed E-state index contributed by atoms with van der Waals surface area (Å²) in [5.74, 6) is 0. The van der Waals surface area contributed by atoms with Crippen LogP contribution in [0.25, 0.3) is 0 Å². The quantitative estimate of drug-likeness (QED) is 0.823. The second-order valence-corrected chi connectivity index (χ2v) is 6.91. The molecule has 0 spiro atoms. The van der Waals surface area contributed by atoms with E-state index in [4.69, 9.17) is 4.42 Å². The molecular weight excluding hydrogens is 288 g/mol. The van der Waals surface area contributed by atoms with E-state index in [1.807, 2.05) is 19.9 Å². The Balaban J connectivity index is 2.06. The lowest BCUT2D eigenvalue weighted by atomic mass is 10.2. The highest BCUT2D eigenvalue weighted by atomic mass is 32.2. The van der Waals surface area contributed by atoms with E-state index in [2.05, 4.69) is 10.0 Å². The third kappa shape index (κ3) is 4.70. The van der Waals surface area contributed by atoms with Crippen LogP contribution in [0, 0.1) is 0 Å².